The van der Waals surface area contributed by atoms with Crippen LogP contribution in [0, 0.1) is 5.92 Å². The van der Waals surface area contributed by atoms with Crippen LogP contribution in [0.1, 0.15) is 67.9 Å². The molecule has 2 fully saturated rings. The monoisotopic (exact) mass is 452 g/mol. The first-order chi connectivity index (χ1) is 15.8. The van der Waals surface area contributed by atoms with Gasteiger partial charge >= 0.3 is 0 Å². The van der Waals surface area contributed by atoms with Crippen LogP contribution in [-0.2, 0) is 4.79 Å². The van der Waals surface area contributed by atoms with Crippen molar-refractivity contribution >= 4 is 17.5 Å². The molecular weight excluding hydrogens is 420 g/mol. The second-order valence-electron chi connectivity index (χ2n) is 9.07. The van der Waals surface area contributed by atoms with Crippen LogP contribution in [0.25, 0.3) is 0 Å². The third-order valence-corrected chi connectivity index (χ3v) is 6.88. The summed E-state index contributed by atoms with van der Waals surface area (Å²) in [5.74, 6) is -0.0289. The number of rotatable bonds is 5. The fourth-order valence-electron chi connectivity index (χ4n) is 5.41. The summed E-state index contributed by atoms with van der Waals surface area (Å²) in [6.45, 7) is 4.11. The molecule has 33 heavy (non-hydrogen) atoms. The molecule has 176 valence electrons. The van der Waals surface area contributed by atoms with Gasteiger partial charge in [0, 0.05) is 30.6 Å². The van der Waals surface area contributed by atoms with E-state index in [1.54, 1.807) is 36.4 Å². The maximum Gasteiger partial charge on any atom is 0.254 e. The van der Waals surface area contributed by atoms with Crippen LogP contribution >= 0.6 is 0 Å². The average Bonchev–Trinajstić information content (AvgIpc) is 2.79. The number of hydrogen-bond donors (Lipinski definition) is 3. The van der Waals surface area contributed by atoms with Gasteiger partial charge in [-0.05, 0) is 62.1 Å². The third kappa shape index (κ3) is 4.69. The topological polar surface area (TPSA) is 99.1 Å². The summed E-state index contributed by atoms with van der Waals surface area (Å²) in [6, 6.07) is 11.8. The van der Waals surface area contributed by atoms with Crippen molar-refractivity contribution in [2.24, 2.45) is 5.92 Å². The number of fused-ring (bicyclic) bond motifs is 1. The number of amides is 2. The molecule has 1 saturated heterocycles. The number of piperidine rings is 1. The van der Waals surface area contributed by atoms with E-state index in [4.69, 9.17) is 4.74 Å². The fraction of sp³-hybridized carbons (Fsp3) is 0.462. The molecule has 4 rings (SSSR count). The van der Waals surface area contributed by atoms with Crippen molar-refractivity contribution < 1.29 is 24.5 Å². The molecule has 1 saturated carbocycles. The Morgan fingerprint density at radius 2 is 2.00 bits per heavy atom. The summed E-state index contributed by atoms with van der Waals surface area (Å²) < 4.78 is 5.61. The van der Waals surface area contributed by atoms with E-state index in [1.165, 1.54) is 6.92 Å². The number of ether oxygens (including phenoxy) is 1. The summed E-state index contributed by atoms with van der Waals surface area (Å²) in [5, 5.41) is 24.4. The highest BCUT2D eigenvalue weighted by Crippen LogP contribution is 2.50. The van der Waals surface area contributed by atoms with Gasteiger partial charge in [-0.15, -0.1) is 0 Å². The molecule has 2 aromatic carbocycles. The molecule has 7 nitrogen and oxygen atoms in total. The van der Waals surface area contributed by atoms with Crippen molar-refractivity contribution in [3.63, 3.8) is 0 Å². The number of nitrogens with one attached hydrogen (secondary N) is 1. The van der Waals surface area contributed by atoms with Crippen LogP contribution in [0.3, 0.4) is 0 Å². The molecule has 0 spiro atoms. The minimum Gasteiger partial charge on any atom is -0.504 e. The number of anilines is 1. The normalized spacial score (nSPS) is 24.6. The van der Waals surface area contributed by atoms with Gasteiger partial charge in [-0.2, -0.15) is 0 Å². The van der Waals surface area contributed by atoms with Crippen molar-refractivity contribution in [1.29, 1.82) is 0 Å². The van der Waals surface area contributed by atoms with E-state index >= 15 is 0 Å². The quantitative estimate of drug-likeness (QED) is 0.630. The molecular formula is C26H32N2O5. The van der Waals surface area contributed by atoms with Gasteiger partial charge < -0.3 is 25.2 Å². The lowest BCUT2D eigenvalue weighted by Gasteiger charge is -2.52. The van der Waals surface area contributed by atoms with Crippen molar-refractivity contribution in [3.05, 3.63) is 53.6 Å². The third-order valence-electron chi connectivity index (χ3n) is 6.88. The van der Waals surface area contributed by atoms with Crippen LogP contribution in [0.15, 0.2) is 42.5 Å². The number of nitrogens with zero attached hydrogens (tertiary/aromatic N) is 1. The van der Waals surface area contributed by atoms with Crippen molar-refractivity contribution in [1.82, 2.24) is 4.90 Å². The number of carbonyl (C=O) groups is 2. The maximum atomic E-state index is 13.7. The SMILES string of the molecule is CCOc1cc([C@H]2[C@H]3CCCC[C@]3(O)CCN2C(=O)c2cccc(NC(C)=O)c2)ccc1O. The van der Waals surface area contributed by atoms with E-state index in [9.17, 15) is 19.8 Å². The number of phenolic OH excluding ortho intramolecular Hbond substituents is 1. The number of likely N-dealkylation sites (tertiary alicyclic amines) is 1. The number of aromatic hydroxyl groups is 1. The maximum absolute atomic E-state index is 13.7. The summed E-state index contributed by atoms with van der Waals surface area (Å²) >= 11 is 0. The van der Waals surface area contributed by atoms with Gasteiger partial charge in [-0.25, -0.2) is 0 Å². The molecule has 0 unspecified atom stereocenters. The highest BCUT2D eigenvalue weighted by Gasteiger charge is 2.50. The zero-order valence-corrected chi connectivity index (χ0v) is 19.2. The first-order valence-electron chi connectivity index (χ1n) is 11.7. The van der Waals surface area contributed by atoms with Gasteiger partial charge in [-0.3, -0.25) is 9.59 Å². The summed E-state index contributed by atoms with van der Waals surface area (Å²) in [5.41, 5.74) is 1.07. The van der Waals surface area contributed by atoms with Gasteiger partial charge in [0.05, 0.1) is 18.2 Å². The van der Waals surface area contributed by atoms with Crippen LogP contribution in [0.2, 0.25) is 0 Å². The Hall–Kier alpha value is -3.06. The molecule has 0 radical (unpaired) electrons. The van der Waals surface area contributed by atoms with Crippen LogP contribution in [0.5, 0.6) is 11.5 Å². The van der Waals surface area contributed by atoms with E-state index in [2.05, 4.69) is 5.32 Å². The zero-order chi connectivity index (χ0) is 23.6. The minimum absolute atomic E-state index is 0.0520. The summed E-state index contributed by atoms with van der Waals surface area (Å²) in [7, 11) is 0. The highest BCUT2D eigenvalue weighted by molar-refractivity contribution is 5.97. The molecule has 3 atom stereocenters. The van der Waals surface area contributed by atoms with Gasteiger partial charge in [0.25, 0.3) is 5.91 Å². The van der Waals surface area contributed by atoms with E-state index < -0.39 is 5.60 Å². The number of phenols is 1. The van der Waals surface area contributed by atoms with Crippen LogP contribution in [0.4, 0.5) is 5.69 Å². The van der Waals surface area contributed by atoms with Gasteiger partial charge in [0.1, 0.15) is 0 Å². The Balaban J connectivity index is 1.74. The molecule has 0 bridgehead atoms. The van der Waals surface area contributed by atoms with Crippen molar-refractivity contribution in [2.45, 2.75) is 57.6 Å². The summed E-state index contributed by atoms with van der Waals surface area (Å²) in [4.78, 5) is 27.0. The smallest absolute Gasteiger partial charge is 0.254 e. The molecule has 1 aliphatic carbocycles. The highest BCUT2D eigenvalue weighted by atomic mass is 16.5. The molecule has 7 heteroatoms. The van der Waals surface area contributed by atoms with Gasteiger partial charge in [0.2, 0.25) is 5.91 Å². The Morgan fingerprint density at radius 1 is 1.18 bits per heavy atom. The Bertz CT molecular complexity index is 1040. The van der Waals surface area contributed by atoms with E-state index in [0.29, 0.717) is 36.6 Å². The van der Waals surface area contributed by atoms with Crippen LogP contribution < -0.4 is 10.1 Å². The fourth-order valence-corrected chi connectivity index (χ4v) is 5.41. The average molecular weight is 453 g/mol. The van der Waals surface area contributed by atoms with E-state index in [1.807, 2.05) is 17.9 Å². The number of carbonyl (C=O) groups excluding carboxylic acids is 2. The molecule has 2 aromatic rings. The molecule has 3 N–H and O–H groups in total. The molecule has 2 aliphatic rings. The second-order valence-corrected chi connectivity index (χ2v) is 9.07. The predicted octanol–water partition coefficient (Wildman–Crippen LogP) is 4.26. The Labute approximate surface area is 194 Å². The first kappa shape index (κ1) is 23.1. The standard InChI is InChI=1S/C26H32N2O5/c1-3-33-23-16-18(10-11-22(23)30)24-21-9-4-5-12-26(21,32)13-14-28(24)25(31)19-7-6-8-20(15-19)27-17(2)29/h6-8,10-11,15-16,21,24,30,32H,3-5,9,12-14H2,1-2H3,(H,27,29)/t21-,24+,26+/m1/s1. The zero-order valence-electron chi connectivity index (χ0n) is 19.2. The predicted molar refractivity (Wildman–Crippen MR) is 125 cm³/mol. The second kappa shape index (κ2) is 9.43. The van der Waals surface area contributed by atoms with Gasteiger partial charge in [0.15, 0.2) is 11.5 Å². The lowest BCUT2D eigenvalue weighted by molar-refractivity contribution is -0.115. The van der Waals surface area contributed by atoms with E-state index in [0.717, 1.165) is 31.2 Å². The molecule has 2 amide bonds. The Morgan fingerprint density at radius 3 is 2.76 bits per heavy atom. The van der Waals surface area contributed by atoms with Crippen LogP contribution in [-0.4, -0.2) is 45.7 Å². The van der Waals surface area contributed by atoms with Gasteiger partial charge in [-0.1, -0.05) is 25.0 Å². The minimum atomic E-state index is -0.818. The van der Waals surface area contributed by atoms with Crippen molar-refractivity contribution in [3.8, 4) is 11.5 Å². The summed E-state index contributed by atoms with van der Waals surface area (Å²) in [6.07, 6.45) is 4.06. The number of hydrogen-bond acceptors (Lipinski definition) is 5. The number of aliphatic hydroxyl groups is 1. The van der Waals surface area contributed by atoms with Crippen molar-refractivity contribution in [2.75, 3.05) is 18.5 Å². The van der Waals surface area contributed by atoms with E-state index in [-0.39, 0.29) is 29.5 Å². The molecule has 1 heterocycles. The lowest BCUT2D eigenvalue weighted by atomic mass is 9.66. The Kier molecular flexibility index (Phi) is 6.61. The first-order valence-corrected chi connectivity index (χ1v) is 11.7. The largest absolute Gasteiger partial charge is 0.504 e. The number of benzene rings is 2. The lowest BCUT2D eigenvalue weighted by Crippen LogP contribution is -2.56. The molecule has 0 aromatic heterocycles. The molecule has 1 aliphatic heterocycles.